The van der Waals surface area contributed by atoms with Crippen molar-refractivity contribution >= 4 is 34.8 Å². The lowest BCUT2D eigenvalue weighted by atomic mass is 9.71. The topological polar surface area (TPSA) is 75.0 Å². The third kappa shape index (κ3) is 5.43. The van der Waals surface area contributed by atoms with Crippen LogP contribution in [-0.4, -0.2) is 22.7 Å². The van der Waals surface area contributed by atoms with Crippen molar-refractivity contribution in [3.05, 3.63) is 46.4 Å². The number of nitrogens with one attached hydrogen (secondary N) is 2. The van der Waals surface area contributed by atoms with Crippen LogP contribution in [0.15, 0.2) is 24.5 Å². The van der Waals surface area contributed by atoms with Gasteiger partial charge in [0.15, 0.2) is 11.6 Å². The van der Waals surface area contributed by atoms with Crippen molar-refractivity contribution in [3.63, 3.8) is 0 Å². The van der Waals surface area contributed by atoms with Gasteiger partial charge in [0.25, 0.3) is 12.1 Å². The normalized spacial score (nSPS) is 20.4. The number of nitrogens with zero attached hydrogens (tertiary/aromatic N) is 2. The molecule has 1 amide bonds. The van der Waals surface area contributed by atoms with Crippen LogP contribution in [0.1, 0.15) is 81.4 Å². The molecule has 1 saturated carbocycles. The van der Waals surface area contributed by atoms with E-state index in [1.165, 1.54) is 12.8 Å². The van der Waals surface area contributed by atoms with Gasteiger partial charge in [0.1, 0.15) is 5.69 Å². The van der Waals surface area contributed by atoms with Crippen LogP contribution in [0.5, 0.6) is 0 Å². The zero-order valence-electron chi connectivity index (χ0n) is 20.7. The first kappa shape index (κ1) is 24.6. The van der Waals surface area contributed by atoms with Crippen LogP contribution in [0.4, 0.5) is 11.5 Å². The highest BCUT2D eigenvalue weighted by atomic mass is 35.5. The molecular formula is C27H36ClN4O2+. The van der Waals surface area contributed by atoms with Crippen molar-refractivity contribution in [2.75, 3.05) is 10.6 Å². The fraction of sp³-hybridized carbons (Fsp3) is 0.556. The lowest BCUT2D eigenvalue weighted by Crippen LogP contribution is -2.43. The van der Waals surface area contributed by atoms with Crippen LogP contribution < -0.4 is 15.2 Å². The summed E-state index contributed by atoms with van der Waals surface area (Å²) in [7, 11) is 0. The van der Waals surface area contributed by atoms with Crippen LogP contribution >= 0.6 is 11.6 Å². The molecule has 2 aromatic rings. The highest BCUT2D eigenvalue weighted by Crippen LogP contribution is 2.38. The van der Waals surface area contributed by atoms with E-state index in [0.29, 0.717) is 47.1 Å². The molecule has 1 aromatic heterocycles. The average molecular weight is 484 g/mol. The molecule has 182 valence electrons. The molecule has 34 heavy (non-hydrogen) atoms. The van der Waals surface area contributed by atoms with E-state index in [4.69, 9.17) is 11.6 Å². The van der Waals surface area contributed by atoms with Gasteiger partial charge in [0.2, 0.25) is 11.7 Å². The summed E-state index contributed by atoms with van der Waals surface area (Å²) in [6, 6.07) is 5.86. The molecule has 7 heteroatoms. The lowest BCUT2D eigenvalue weighted by Gasteiger charge is -2.37. The Morgan fingerprint density at radius 3 is 2.62 bits per heavy atom. The number of hydrogen-bond acceptors (Lipinski definition) is 4. The van der Waals surface area contributed by atoms with Gasteiger partial charge in [-0.2, -0.15) is 0 Å². The molecule has 1 aliphatic carbocycles. The highest BCUT2D eigenvalue weighted by molar-refractivity contribution is 6.33. The summed E-state index contributed by atoms with van der Waals surface area (Å²) in [4.78, 5) is 29.2. The van der Waals surface area contributed by atoms with E-state index >= 15 is 0 Å². The summed E-state index contributed by atoms with van der Waals surface area (Å²) in [6.45, 7) is 9.21. The van der Waals surface area contributed by atoms with E-state index in [1.807, 2.05) is 23.6 Å². The SMILES string of the molecule is CCc1c(Cl)c(NC2CCC(C(C)(C)C)CC2)nc[n+]1CC(=O)c1ccc2c(c1)CCC(=O)N2. The van der Waals surface area contributed by atoms with E-state index in [1.54, 1.807) is 12.4 Å². The third-order valence-electron chi connectivity index (χ3n) is 7.40. The number of aryl methyl sites for hydroxylation is 1. The summed E-state index contributed by atoms with van der Waals surface area (Å²) in [6.07, 6.45) is 8.20. The number of amides is 1. The van der Waals surface area contributed by atoms with E-state index in [-0.39, 0.29) is 18.2 Å². The first-order chi connectivity index (χ1) is 16.2. The molecule has 1 aliphatic heterocycles. The van der Waals surface area contributed by atoms with Crippen LogP contribution in [-0.2, 0) is 24.2 Å². The quantitative estimate of drug-likeness (QED) is 0.428. The Balaban J connectivity index is 1.45. The molecule has 6 nitrogen and oxygen atoms in total. The van der Waals surface area contributed by atoms with Crippen LogP contribution in [0.2, 0.25) is 5.02 Å². The number of Topliss-reactive ketones (excluding diaryl/α,β-unsaturated/α-hetero) is 1. The van der Waals surface area contributed by atoms with Crippen molar-refractivity contribution in [2.24, 2.45) is 11.3 Å². The number of aromatic nitrogens is 2. The zero-order valence-corrected chi connectivity index (χ0v) is 21.5. The van der Waals surface area contributed by atoms with Gasteiger partial charge >= 0.3 is 0 Å². The van der Waals surface area contributed by atoms with E-state index < -0.39 is 0 Å². The Labute approximate surface area is 207 Å². The summed E-state index contributed by atoms with van der Waals surface area (Å²) in [5, 5.41) is 7.03. The number of benzene rings is 1. The number of fused-ring (bicyclic) bond motifs is 1. The second-order valence-electron chi connectivity index (χ2n) is 10.7. The molecule has 2 aliphatic rings. The summed E-state index contributed by atoms with van der Waals surface area (Å²) in [5.74, 6) is 1.49. The van der Waals surface area contributed by atoms with Crippen LogP contribution in [0.3, 0.4) is 0 Å². The Bertz CT molecular complexity index is 1080. The number of carbonyl (C=O) groups is 2. The van der Waals surface area contributed by atoms with Gasteiger partial charge in [0, 0.05) is 30.1 Å². The molecule has 4 rings (SSSR count). The number of rotatable bonds is 6. The molecule has 0 spiro atoms. The number of anilines is 2. The molecule has 2 heterocycles. The van der Waals surface area contributed by atoms with Crippen molar-refractivity contribution in [2.45, 2.75) is 85.2 Å². The molecule has 0 bridgehead atoms. The fourth-order valence-corrected chi connectivity index (χ4v) is 5.56. The predicted molar refractivity (Wildman–Crippen MR) is 135 cm³/mol. The van der Waals surface area contributed by atoms with E-state index in [0.717, 1.165) is 35.7 Å². The first-order valence-corrected chi connectivity index (χ1v) is 12.8. The smallest absolute Gasteiger partial charge is 0.289 e. The second-order valence-corrected chi connectivity index (χ2v) is 11.1. The van der Waals surface area contributed by atoms with Crippen molar-refractivity contribution in [1.82, 2.24) is 4.98 Å². The largest absolute Gasteiger partial charge is 0.345 e. The van der Waals surface area contributed by atoms with Gasteiger partial charge in [-0.15, -0.1) is 0 Å². The van der Waals surface area contributed by atoms with Gasteiger partial charge in [-0.1, -0.05) is 39.3 Å². The van der Waals surface area contributed by atoms with Crippen LogP contribution in [0.25, 0.3) is 0 Å². The zero-order chi connectivity index (χ0) is 24.5. The Morgan fingerprint density at radius 1 is 1.21 bits per heavy atom. The maximum absolute atomic E-state index is 13.1. The van der Waals surface area contributed by atoms with E-state index in [2.05, 4.69) is 36.4 Å². The number of hydrogen-bond donors (Lipinski definition) is 2. The molecule has 1 aromatic carbocycles. The molecular weight excluding hydrogens is 448 g/mol. The molecule has 0 saturated heterocycles. The summed E-state index contributed by atoms with van der Waals surface area (Å²) in [5.41, 5.74) is 3.70. The predicted octanol–water partition coefficient (Wildman–Crippen LogP) is 5.37. The number of halogens is 1. The monoisotopic (exact) mass is 483 g/mol. The average Bonchev–Trinajstić information content (AvgIpc) is 2.80. The molecule has 0 unspecified atom stereocenters. The minimum Gasteiger partial charge on any atom is -0.345 e. The molecule has 0 radical (unpaired) electrons. The summed E-state index contributed by atoms with van der Waals surface area (Å²) >= 11 is 6.78. The third-order valence-corrected chi connectivity index (χ3v) is 7.80. The summed E-state index contributed by atoms with van der Waals surface area (Å²) < 4.78 is 1.85. The minimum atomic E-state index is -0.00141. The fourth-order valence-electron chi connectivity index (χ4n) is 5.21. The van der Waals surface area contributed by atoms with Crippen molar-refractivity contribution < 1.29 is 14.2 Å². The maximum atomic E-state index is 13.1. The minimum absolute atomic E-state index is 0.00141. The molecule has 0 atom stereocenters. The van der Waals surface area contributed by atoms with Gasteiger partial charge in [0.05, 0.1) is 0 Å². The van der Waals surface area contributed by atoms with Crippen molar-refractivity contribution in [3.8, 4) is 0 Å². The highest BCUT2D eigenvalue weighted by Gasteiger charge is 2.31. The second kappa shape index (κ2) is 10.0. The maximum Gasteiger partial charge on any atom is 0.289 e. The van der Waals surface area contributed by atoms with Gasteiger partial charge < -0.3 is 10.6 Å². The number of ketones is 1. The molecule has 2 N–H and O–H groups in total. The Hall–Kier alpha value is -2.47. The van der Waals surface area contributed by atoms with E-state index in [9.17, 15) is 9.59 Å². The lowest BCUT2D eigenvalue weighted by molar-refractivity contribution is -0.693. The number of carbonyl (C=O) groups excluding carboxylic acids is 2. The van der Waals surface area contributed by atoms with Crippen LogP contribution in [0, 0.1) is 11.3 Å². The first-order valence-electron chi connectivity index (χ1n) is 12.4. The Morgan fingerprint density at radius 2 is 1.94 bits per heavy atom. The Kier molecular flexibility index (Phi) is 7.27. The van der Waals surface area contributed by atoms with Gasteiger partial charge in [-0.25, -0.2) is 4.57 Å². The van der Waals surface area contributed by atoms with Crippen molar-refractivity contribution in [1.29, 1.82) is 0 Å². The van der Waals surface area contributed by atoms with Gasteiger partial charge in [-0.05, 0) is 72.2 Å². The molecule has 1 fully saturated rings. The standard InChI is InChI=1S/C27H35ClN4O2/c1-5-22-25(28)26(30-20-10-8-19(9-11-20)27(2,3)4)29-16-32(22)15-23(33)18-6-12-21-17(14-18)7-13-24(34)31-21/h6,12,14,16,19-20H,5,7-11,13,15H2,1-4H3,(H,31,33,34)/p+1. The van der Waals surface area contributed by atoms with Gasteiger partial charge in [-0.3, -0.25) is 9.59 Å².